The van der Waals surface area contributed by atoms with Gasteiger partial charge in [-0.15, -0.1) is 0 Å². The minimum atomic E-state index is -0.197. The summed E-state index contributed by atoms with van der Waals surface area (Å²) in [5, 5.41) is 23.0. The summed E-state index contributed by atoms with van der Waals surface area (Å²) in [7, 11) is 0. The lowest BCUT2D eigenvalue weighted by atomic mass is 9.49. The van der Waals surface area contributed by atoms with E-state index < -0.39 is 0 Å². The van der Waals surface area contributed by atoms with Crippen molar-refractivity contribution in [2.45, 2.75) is 44.4 Å². The monoisotopic (exact) mass is 467 g/mol. The van der Waals surface area contributed by atoms with E-state index in [1.54, 1.807) is 24.3 Å². The summed E-state index contributed by atoms with van der Waals surface area (Å²) in [6.45, 7) is 0.771. The number of benzene rings is 3. The van der Waals surface area contributed by atoms with E-state index >= 15 is 0 Å². The minimum Gasteiger partial charge on any atom is -0.508 e. The van der Waals surface area contributed by atoms with Gasteiger partial charge >= 0.3 is 0 Å². The molecule has 4 bridgehead atoms. The lowest BCUT2D eigenvalue weighted by Gasteiger charge is -2.56. The molecular formula is C31H33NO3. The summed E-state index contributed by atoms with van der Waals surface area (Å²) in [4.78, 5) is 13.6. The predicted molar refractivity (Wildman–Crippen MR) is 137 cm³/mol. The van der Waals surface area contributed by atoms with Gasteiger partial charge in [0, 0.05) is 18.0 Å². The van der Waals surface area contributed by atoms with Crippen LogP contribution in [0.2, 0.25) is 0 Å². The van der Waals surface area contributed by atoms with Gasteiger partial charge < -0.3 is 15.5 Å². The molecule has 4 aliphatic rings. The number of hydrogen-bond donors (Lipinski definition) is 3. The number of phenolic OH excluding ortho intramolecular Hbond substituents is 2. The van der Waals surface area contributed by atoms with Crippen LogP contribution in [0.25, 0.3) is 0 Å². The Morgan fingerprint density at radius 1 is 0.771 bits per heavy atom. The molecule has 0 unspecified atom stereocenters. The fourth-order valence-electron chi connectivity index (χ4n) is 7.71. The maximum absolute atomic E-state index is 13.6. The standard InChI is InChI=1S/C31H33NO3/c33-25-9-5-23(6-10-25)29(24-7-11-26(34)12-8-24)27-3-1-2-4-28(27)30(35)32-19-31-16-20-13-21(17-31)15-22(14-20)18-31/h1-12,20-22,29,33-34H,13-19H2,(H,32,35). The number of rotatable bonds is 6. The first kappa shape index (κ1) is 22.2. The molecule has 0 atom stereocenters. The average molecular weight is 468 g/mol. The highest BCUT2D eigenvalue weighted by Crippen LogP contribution is 2.59. The van der Waals surface area contributed by atoms with Crippen molar-refractivity contribution < 1.29 is 15.0 Å². The van der Waals surface area contributed by atoms with Gasteiger partial charge in [0.05, 0.1) is 0 Å². The third kappa shape index (κ3) is 4.31. The van der Waals surface area contributed by atoms with Crippen molar-refractivity contribution in [1.82, 2.24) is 5.32 Å². The quantitative estimate of drug-likeness (QED) is 0.377. The SMILES string of the molecule is O=C(NCC12CC3CC(CC(C3)C1)C2)c1ccccc1C(c1ccc(O)cc1)c1ccc(O)cc1. The van der Waals surface area contributed by atoms with E-state index in [1.165, 1.54) is 38.5 Å². The molecule has 35 heavy (non-hydrogen) atoms. The molecule has 0 saturated heterocycles. The number of amides is 1. The molecule has 0 aliphatic heterocycles. The zero-order valence-corrected chi connectivity index (χ0v) is 20.0. The van der Waals surface area contributed by atoms with Crippen molar-refractivity contribution in [1.29, 1.82) is 0 Å². The predicted octanol–water partition coefficient (Wildman–Crippen LogP) is 6.22. The smallest absolute Gasteiger partial charge is 0.251 e. The summed E-state index contributed by atoms with van der Waals surface area (Å²) in [6, 6.07) is 22.1. The van der Waals surface area contributed by atoms with Gasteiger partial charge in [0.2, 0.25) is 0 Å². The first-order valence-corrected chi connectivity index (χ1v) is 12.9. The van der Waals surface area contributed by atoms with Crippen molar-refractivity contribution in [3.8, 4) is 11.5 Å². The molecule has 3 aromatic rings. The molecule has 180 valence electrons. The lowest BCUT2D eigenvalue weighted by molar-refractivity contribution is -0.0503. The topological polar surface area (TPSA) is 69.6 Å². The summed E-state index contributed by atoms with van der Waals surface area (Å²) in [5.41, 5.74) is 3.85. The van der Waals surface area contributed by atoms with Crippen molar-refractivity contribution in [3.05, 3.63) is 95.1 Å². The van der Waals surface area contributed by atoms with Gasteiger partial charge in [-0.1, -0.05) is 42.5 Å². The third-order valence-electron chi connectivity index (χ3n) is 8.76. The van der Waals surface area contributed by atoms with Crippen LogP contribution in [-0.4, -0.2) is 22.7 Å². The van der Waals surface area contributed by atoms with E-state index in [9.17, 15) is 15.0 Å². The van der Waals surface area contributed by atoms with Crippen LogP contribution >= 0.6 is 0 Å². The van der Waals surface area contributed by atoms with Crippen LogP contribution in [0.15, 0.2) is 72.8 Å². The minimum absolute atomic E-state index is 0.0149. The highest BCUT2D eigenvalue weighted by atomic mass is 16.3. The van der Waals surface area contributed by atoms with Crippen LogP contribution in [0.1, 0.15) is 71.5 Å². The number of hydrogen-bond acceptors (Lipinski definition) is 3. The molecule has 7 rings (SSSR count). The van der Waals surface area contributed by atoms with Gasteiger partial charge in [0.15, 0.2) is 0 Å². The molecule has 3 N–H and O–H groups in total. The molecule has 0 aromatic heterocycles. The summed E-state index contributed by atoms with van der Waals surface area (Å²) < 4.78 is 0. The largest absolute Gasteiger partial charge is 0.508 e. The van der Waals surface area contributed by atoms with Gasteiger partial charge in [-0.25, -0.2) is 0 Å². The van der Waals surface area contributed by atoms with E-state index in [2.05, 4.69) is 5.32 Å². The van der Waals surface area contributed by atoms with Crippen molar-refractivity contribution >= 4 is 5.91 Å². The van der Waals surface area contributed by atoms with Crippen LogP contribution in [0.5, 0.6) is 11.5 Å². The lowest BCUT2D eigenvalue weighted by Crippen LogP contribution is -2.51. The van der Waals surface area contributed by atoms with Crippen LogP contribution in [0.4, 0.5) is 0 Å². The van der Waals surface area contributed by atoms with Crippen molar-refractivity contribution in [2.24, 2.45) is 23.2 Å². The number of aromatic hydroxyl groups is 2. The van der Waals surface area contributed by atoms with E-state index in [4.69, 9.17) is 0 Å². The number of carbonyl (C=O) groups excluding carboxylic acids is 1. The molecule has 0 radical (unpaired) electrons. The Balaban J connectivity index is 1.30. The second-order valence-electron chi connectivity index (χ2n) is 11.3. The van der Waals surface area contributed by atoms with Gasteiger partial charge in [-0.05, 0) is 109 Å². The summed E-state index contributed by atoms with van der Waals surface area (Å²) >= 11 is 0. The third-order valence-corrected chi connectivity index (χ3v) is 8.76. The normalized spacial score (nSPS) is 26.7. The first-order chi connectivity index (χ1) is 17.0. The molecule has 1 amide bonds. The van der Waals surface area contributed by atoms with Gasteiger partial charge in [0.1, 0.15) is 11.5 Å². The fraction of sp³-hybridized carbons (Fsp3) is 0.387. The second kappa shape index (κ2) is 8.75. The van der Waals surface area contributed by atoms with Crippen LogP contribution in [-0.2, 0) is 0 Å². The molecule has 4 saturated carbocycles. The molecule has 4 heteroatoms. The van der Waals surface area contributed by atoms with Crippen LogP contribution in [0.3, 0.4) is 0 Å². The number of phenols is 2. The Kier molecular flexibility index (Phi) is 5.55. The Morgan fingerprint density at radius 3 is 1.77 bits per heavy atom. The van der Waals surface area contributed by atoms with Crippen LogP contribution in [0, 0.1) is 23.2 Å². The zero-order valence-electron chi connectivity index (χ0n) is 20.0. The molecule has 4 aliphatic carbocycles. The zero-order chi connectivity index (χ0) is 24.0. The molecule has 4 nitrogen and oxygen atoms in total. The Morgan fingerprint density at radius 2 is 1.26 bits per heavy atom. The molecule has 0 heterocycles. The second-order valence-corrected chi connectivity index (χ2v) is 11.3. The van der Waals surface area contributed by atoms with Crippen LogP contribution < -0.4 is 5.32 Å². The highest BCUT2D eigenvalue weighted by Gasteiger charge is 2.50. The number of nitrogens with one attached hydrogen (secondary N) is 1. The average Bonchev–Trinajstić information content (AvgIpc) is 2.85. The number of carbonyl (C=O) groups is 1. The van der Waals surface area contributed by atoms with E-state index in [0.717, 1.165) is 41.0 Å². The fourth-order valence-corrected chi connectivity index (χ4v) is 7.71. The summed E-state index contributed by atoms with van der Waals surface area (Å²) in [6.07, 6.45) is 8.00. The summed E-state index contributed by atoms with van der Waals surface area (Å²) in [5.74, 6) is 2.78. The van der Waals surface area contributed by atoms with Crippen molar-refractivity contribution in [2.75, 3.05) is 6.54 Å². The van der Waals surface area contributed by atoms with Gasteiger partial charge in [-0.3, -0.25) is 4.79 Å². The molecule has 3 aromatic carbocycles. The van der Waals surface area contributed by atoms with E-state index in [-0.39, 0.29) is 28.7 Å². The Bertz CT molecular complexity index is 1130. The van der Waals surface area contributed by atoms with E-state index in [0.29, 0.717) is 5.56 Å². The van der Waals surface area contributed by atoms with Gasteiger partial charge in [-0.2, -0.15) is 0 Å². The van der Waals surface area contributed by atoms with E-state index in [1.807, 2.05) is 48.5 Å². The Labute approximate surface area is 207 Å². The molecule has 0 spiro atoms. The maximum Gasteiger partial charge on any atom is 0.251 e. The molecule has 4 fully saturated rings. The van der Waals surface area contributed by atoms with Gasteiger partial charge in [0.25, 0.3) is 5.91 Å². The van der Waals surface area contributed by atoms with Crippen molar-refractivity contribution in [3.63, 3.8) is 0 Å². The Hall–Kier alpha value is -3.27. The first-order valence-electron chi connectivity index (χ1n) is 12.9. The molecular weight excluding hydrogens is 434 g/mol. The highest BCUT2D eigenvalue weighted by molar-refractivity contribution is 5.96. The maximum atomic E-state index is 13.6.